The minimum atomic E-state index is -0.553. The molecule has 3 aromatic rings. The number of hydrogen-bond acceptors (Lipinski definition) is 3. The number of ketones is 1. The van der Waals surface area contributed by atoms with Crippen LogP contribution in [0, 0.1) is 13.8 Å². The SMILES string of the molecule is Cc1ccc(C(=O)C(C)N(C)C(=O)/C=C/c2ccc(OCc3ccccc3)cc2)cc1C. The molecular formula is C28H29NO3. The lowest BCUT2D eigenvalue weighted by atomic mass is 10.00. The van der Waals surface area contributed by atoms with Crippen LogP contribution >= 0.6 is 0 Å². The molecule has 0 aliphatic heterocycles. The molecule has 0 spiro atoms. The van der Waals surface area contributed by atoms with E-state index in [-0.39, 0.29) is 11.7 Å². The minimum absolute atomic E-state index is 0.0720. The lowest BCUT2D eigenvalue weighted by Crippen LogP contribution is -2.39. The summed E-state index contributed by atoms with van der Waals surface area (Å²) in [7, 11) is 1.65. The lowest BCUT2D eigenvalue weighted by molar-refractivity contribution is -0.125. The fraction of sp³-hybridized carbons (Fsp3) is 0.214. The van der Waals surface area contributed by atoms with E-state index in [1.165, 1.54) is 11.0 Å². The Morgan fingerprint density at radius 3 is 2.28 bits per heavy atom. The van der Waals surface area contributed by atoms with Crippen LogP contribution in [0.3, 0.4) is 0 Å². The maximum atomic E-state index is 12.8. The van der Waals surface area contributed by atoms with Gasteiger partial charge in [0.25, 0.3) is 0 Å². The maximum absolute atomic E-state index is 12.8. The average Bonchev–Trinajstić information content (AvgIpc) is 2.82. The number of Topliss-reactive ketones (excluding diaryl/α,β-unsaturated/α-hetero) is 1. The number of nitrogens with zero attached hydrogens (tertiary/aromatic N) is 1. The van der Waals surface area contributed by atoms with Crippen molar-refractivity contribution in [2.24, 2.45) is 0 Å². The van der Waals surface area contributed by atoms with Crippen LogP contribution in [0.1, 0.15) is 39.5 Å². The highest BCUT2D eigenvalue weighted by Gasteiger charge is 2.22. The Morgan fingerprint density at radius 1 is 0.938 bits per heavy atom. The second kappa shape index (κ2) is 10.6. The molecule has 1 unspecified atom stereocenters. The van der Waals surface area contributed by atoms with Gasteiger partial charge >= 0.3 is 0 Å². The van der Waals surface area contributed by atoms with Crippen LogP contribution in [0.25, 0.3) is 6.08 Å². The number of rotatable bonds is 8. The molecule has 0 fully saturated rings. The summed E-state index contributed by atoms with van der Waals surface area (Å²) in [6.07, 6.45) is 3.23. The van der Waals surface area contributed by atoms with Gasteiger partial charge in [0.2, 0.25) is 5.91 Å². The molecule has 164 valence electrons. The van der Waals surface area contributed by atoms with Crippen molar-refractivity contribution >= 4 is 17.8 Å². The third-order valence-corrected chi connectivity index (χ3v) is 5.65. The Morgan fingerprint density at radius 2 is 1.62 bits per heavy atom. The van der Waals surface area contributed by atoms with Crippen LogP contribution in [0.15, 0.2) is 78.9 Å². The summed E-state index contributed by atoms with van der Waals surface area (Å²) in [4.78, 5) is 26.9. The van der Waals surface area contributed by atoms with Crippen LogP contribution in [0.4, 0.5) is 0 Å². The molecule has 0 heterocycles. The minimum Gasteiger partial charge on any atom is -0.489 e. The van der Waals surface area contributed by atoms with Crippen molar-refractivity contribution in [3.05, 3.63) is 107 Å². The van der Waals surface area contributed by atoms with Crippen molar-refractivity contribution in [1.29, 1.82) is 0 Å². The smallest absolute Gasteiger partial charge is 0.246 e. The third kappa shape index (κ3) is 5.94. The van der Waals surface area contributed by atoms with E-state index in [1.54, 1.807) is 20.0 Å². The number of likely N-dealkylation sites (N-methyl/N-ethyl adjacent to an activating group) is 1. The summed E-state index contributed by atoms with van der Waals surface area (Å²) in [5.74, 6) is 0.471. The summed E-state index contributed by atoms with van der Waals surface area (Å²) in [5, 5.41) is 0. The molecule has 0 bridgehead atoms. The van der Waals surface area contributed by atoms with Crippen LogP contribution in [0.5, 0.6) is 5.75 Å². The predicted octanol–water partition coefficient (Wildman–Crippen LogP) is 5.63. The van der Waals surface area contributed by atoms with E-state index in [1.807, 2.05) is 86.6 Å². The molecular weight excluding hydrogens is 398 g/mol. The first-order chi connectivity index (χ1) is 15.3. The first-order valence-electron chi connectivity index (χ1n) is 10.7. The van der Waals surface area contributed by atoms with Gasteiger partial charge in [-0.05, 0) is 67.3 Å². The second-order valence-corrected chi connectivity index (χ2v) is 7.97. The van der Waals surface area contributed by atoms with E-state index in [4.69, 9.17) is 4.74 Å². The fourth-order valence-corrected chi connectivity index (χ4v) is 3.20. The highest BCUT2D eigenvalue weighted by atomic mass is 16.5. The van der Waals surface area contributed by atoms with Crippen molar-refractivity contribution in [3.8, 4) is 5.75 Å². The Labute approximate surface area is 190 Å². The normalized spacial score (nSPS) is 11.9. The van der Waals surface area contributed by atoms with E-state index in [9.17, 15) is 9.59 Å². The molecule has 0 aromatic heterocycles. The molecule has 0 saturated carbocycles. The topological polar surface area (TPSA) is 46.6 Å². The summed E-state index contributed by atoms with van der Waals surface area (Å²) in [6.45, 7) is 6.25. The molecule has 0 aliphatic carbocycles. The van der Waals surface area contributed by atoms with Crippen LogP contribution in [-0.4, -0.2) is 29.7 Å². The molecule has 0 aliphatic rings. The van der Waals surface area contributed by atoms with Gasteiger partial charge in [-0.2, -0.15) is 0 Å². The Balaban J connectivity index is 1.57. The number of aryl methyl sites for hydroxylation is 2. The first kappa shape index (κ1) is 23.0. The quantitative estimate of drug-likeness (QED) is 0.346. The lowest BCUT2D eigenvalue weighted by Gasteiger charge is -2.23. The van der Waals surface area contributed by atoms with E-state index in [0.717, 1.165) is 28.0 Å². The third-order valence-electron chi connectivity index (χ3n) is 5.65. The van der Waals surface area contributed by atoms with Crippen molar-refractivity contribution in [1.82, 2.24) is 4.90 Å². The van der Waals surface area contributed by atoms with Crippen molar-refractivity contribution < 1.29 is 14.3 Å². The van der Waals surface area contributed by atoms with E-state index in [2.05, 4.69) is 0 Å². The van der Waals surface area contributed by atoms with Gasteiger partial charge in [0.05, 0.1) is 6.04 Å². The monoisotopic (exact) mass is 427 g/mol. The van der Waals surface area contributed by atoms with Gasteiger partial charge in [0.1, 0.15) is 12.4 Å². The summed E-state index contributed by atoms with van der Waals surface area (Å²) < 4.78 is 5.79. The summed E-state index contributed by atoms with van der Waals surface area (Å²) in [6, 6.07) is 22.6. The molecule has 4 nitrogen and oxygen atoms in total. The van der Waals surface area contributed by atoms with Crippen LogP contribution in [-0.2, 0) is 11.4 Å². The molecule has 3 rings (SSSR count). The average molecular weight is 428 g/mol. The predicted molar refractivity (Wildman–Crippen MR) is 129 cm³/mol. The first-order valence-corrected chi connectivity index (χ1v) is 10.7. The van der Waals surface area contributed by atoms with Gasteiger partial charge in [0.15, 0.2) is 5.78 Å². The zero-order valence-corrected chi connectivity index (χ0v) is 19.0. The van der Waals surface area contributed by atoms with E-state index < -0.39 is 6.04 Å². The van der Waals surface area contributed by atoms with Gasteiger partial charge < -0.3 is 9.64 Å². The summed E-state index contributed by atoms with van der Waals surface area (Å²) in [5.41, 5.74) is 4.81. The van der Waals surface area contributed by atoms with Crippen LogP contribution < -0.4 is 4.74 Å². The number of carbonyl (C=O) groups excluding carboxylic acids is 2. The van der Waals surface area contributed by atoms with Gasteiger partial charge in [-0.3, -0.25) is 9.59 Å². The van der Waals surface area contributed by atoms with Gasteiger partial charge in [-0.25, -0.2) is 0 Å². The maximum Gasteiger partial charge on any atom is 0.246 e. The van der Waals surface area contributed by atoms with Gasteiger partial charge in [0, 0.05) is 18.7 Å². The molecule has 4 heteroatoms. The standard InChI is InChI=1S/C28H29NO3/c1-20-10-14-25(18-21(20)2)28(31)22(3)29(4)27(30)17-13-23-11-15-26(16-12-23)32-19-24-8-6-5-7-9-24/h5-18,22H,19H2,1-4H3/b17-13+. The number of amides is 1. The van der Waals surface area contributed by atoms with E-state index in [0.29, 0.717) is 12.2 Å². The molecule has 3 aromatic carbocycles. The van der Waals surface area contributed by atoms with Crippen molar-refractivity contribution in [3.63, 3.8) is 0 Å². The molecule has 32 heavy (non-hydrogen) atoms. The molecule has 0 N–H and O–H groups in total. The molecule has 1 amide bonds. The molecule has 0 saturated heterocycles. The Bertz CT molecular complexity index is 1100. The van der Waals surface area contributed by atoms with Crippen LogP contribution in [0.2, 0.25) is 0 Å². The van der Waals surface area contributed by atoms with E-state index >= 15 is 0 Å². The Kier molecular flexibility index (Phi) is 7.61. The van der Waals surface area contributed by atoms with Crippen molar-refractivity contribution in [2.75, 3.05) is 7.05 Å². The molecule has 0 radical (unpaired) electrons. The number of carbonyl (C=O) groups is 2. The summed E-state index contributed by atoms with van der Waals surface area (Å²) >= 11 is 0. The Hall–Kier alpha value is -3.66. The number of ether oxygens (including phenoxy) is 1. The zero-order valence-electron chi connectivity index (χ0n) is 19.0. The fourth-order valence-electron chi connectivity index (χ4n) is 3.20. The zero-order chi connectivity index (χ0) is 23.1. The number of hydrogen-bond donors (Lipinski definition) is 0. The van der Waals surface area contributed by atoms with Crippen molar-refractivity contribution in [2.45, 2.75) is 33.4 Å². The highest BCUT2D eigenvalue weighted by Crippen LogP contribution is 2.16. The largest absolute Gasteiger partial charge is 0.489 e. The number of benzene rings is 3. The highest BCUT2D eigenvalue weighted by molar-refractivity contribution is 6.03. The van der Waals surface area contributed by atoms with Gasteiger partial charge in [-0.15, -0.1) is 0 Å². The second-order valence-electron chi connectivity index (χ2n) is 7.97. The van der Waals surface area contributed by atoms with Gasteiger partial charge in [-0.1, -0.05) is 54.6 Å². The molecule has 1 atom stereocenters.